The zero-order valence-electron chi connectivity index (χ0n) is 12.7. The zero-order valence-corrected chi connectivity index (χ0v) is 12.7. The average Bonchev–Trinajstić information content (AvgIpc) is 2.76. The van der Waals surface area contributed by atoms with Gasteiger partial charge < -0.3 is 9.84 Å². The van der Waals surface area contributed by atoms with E-state index >= 15 is 0 Å². The number of hydrogen-bond acceptors (Lipinski definition) is 3. The molecule has 1 unspecified atom stereocenters. The third-order valence-corrected chi connectivity index (χ3v) is 3.44. The van der Waals surface area contributed by atoms with Crippen LogP contribution in [0.5, 0.6) is 5.75 Å². The van der Waals surface area contributed by atoms with E-state index in [-0.39, 0.29) is 18.3 Å². The molecule has 0 spiro atoms. The van der Waals surface area contributed by atoms with E-state index in [9.17, 15) is 9.90 Å². The Kier molecular flexibility index (Phi) is 4.13. The lowest BCUT2D eigenvalue weighted by atomic mass is 10.1. The van der Waals surface area contributed by atoms with Gasteiger partial charge in [0, 0.05) is 0 Å². The van der Waals surface area contributed by atoms with E-state index in [0.717, 1.165) is 24.0 Å². The number of carbonyl (C=O) groups excluding carboxylic acids is 1. The molecule has 4 nitrogen and oxygen atoms in total. The van der Waals surface area contributed by atoms with Crippen LogP contribution < -0.4 is 0 Å². The van der Waals surface area contributed by atoms with Gasteiger partial charge in [0.15, 0.2) is 0 Å². The molecule has 1 N–H and O–H groups in total. The third-order valence-electron chi connectivity index (χ3n) is 3.44. The Morgan fingerprint density at radius 2 is 2.24 bits per heavy atom. The van der Waals surface area contributed by atoms with Crippen LogP contribution in [0.25, 0.3) is 0 Å². The van der Waals surface area contributed by atoms with Gasteiger partial charge in [0.25, 0.3) is 0 Å². The summed E-state index contributed by atoms with van der Waals surface area (Å²) in [6.45, 7) is 5.67. The summed E-state index contributed by atoms with van der Waals surface area (Å²) < 4.78 is 5.44. The Morgan fingerprint density at radius 1 is 1.52 bits per heavy atom. The van der Waals surface area contributed by atoms with Gasteiger partial charge in [0.05, 0.1) is 12.6 Å². The topological polar surface area (TPSA) is 49.8 Å². The van der Waals surface area contributed by atoms with Gasteiger partial charge in [0.2, 0.25) is 0 Å². The molecule has 0 heterocycles. The number of ether oxygens (including phenoxy) is 1. The number of benzene rings is 1. The maximum absolute atomic E-state index is 12.4. The number of fused-ring (bicyclic) bond motifs is 1. The van der Waals surface area contributed by atoms with E-state index in [2.05, 4.69) is 5.92 Å². The summed E-state index contributed by atoms with van der Waals surface area (Å²) in [7, 11) is 0. The molecular weight excluding hydrogens is 266 g/mol. The van der Waals surface area contributed by atoms with Crippen molar-refractivity contribution in [2.75, 3.05) is 6.54 Å². The normalized spacial score (nSPS) is 17.0. The number of aromatic hydroxyl groups is 1. The summed E-state index contributed by atoms with van der Waals surface area (Å²) in [4.78, 5) is 13.9. The zero-order chi connectivity index (χ0) is 15.6. The summed E-state index contributed by atoms with van der Waals surface area (Å²) in [5, 5.41) is 9.68. The fourth-order valence-corrected chi connectivity index (χ4v) is 2.61. The number of phenolic OH excluding ortho intramolecular Hbond substituents is 1. The highest BCUT2D eigenvalue weighted by Crippen LogP contribution is 2.38. The van der Waals surface area contributed by atoms with E-state index < -0.39 is 11.7 Å². The molecule has 1 aliphatic carbocycles. The molecule has 0 saturated heterocycles. The fraction of sp³-hybridized carbons (Fsp3) is 0.471. The molecule has 0 fully saturated rings. The smallest absolute Gasteiger partial charge is 0.411 e. The Bertz CT molecular complexity index is 581. The SMILES string of the molecule is C#CCN(C(=O)OC(C)(C)C)C1CCc2ccc(O)cc21. The van der Waals surface area contributed by atoms with Crippen molar-refractivity contribution in [3.63, 3.8) is 0 Å². The predicted molar refractivity (Wildman–Crippen MR) is 80.9 cm³/mol. The van der Waals surface area contributed by atoms with E-state index in [1.807, 2.05) is 26.8 Å². The monoisotopic (exact) mass is 287 g/mol. The Hall–Kier alpha value is -2.15. The van der Waals surface area contributed by atoms with Crippen molar-refractivity contribution in [1.29, 1.82) is 0 Å². The van der Waals surface area contributed by atoms with Gasteiger partial charge in [0.1, 0.15) is 11.4 Å². The molecular formula is C17H21NO3. The number of terminal acetylenes is 1. The molecule has 1 aromatic carbocycles. The lowest BCUT2D eigenvalue weighted by molar-refractivity contribution is 0.0190. The molecule has 112 valence electrons. The first-order valence-corrected chi connectivity index (χ1v) is 7.06. The number of nitrogens with zero attached hydrogens (tertiary/aromatic N) is 1. The molecule has 1 amide bonds. The van der Waals surface area contributed by atoms with Crippen molar-refractivity contribution < 1.29 is 14.6 Å². The Labute approximate surface area is 125 Å². The number of aryl methyl sites for hydroxylation is 1. The molecule has 0 aliphatic heterocycles. The van der Waals surface area contributed by atoms with Crippen LogP contribution in [0.15, 0.2) is 18.2 Å². The molecule has 21 heavy (non-hydrogen) atoms. The predicted octanol–water partition coefficient (Wildman–Crippen LogP) is 3.25. The maximum atomic E-state index is 12.4. The Morgan fingerprint density at radius 3 is 2.86 bits per heavy atom. The molecule has 0 aromatic heterocycles. The third kappa shape index (κ3) is 3.49. The van der Waals surface area contributed by atoms with E-state index in [0.29, 0.717) is 0 Å². The number of amides is 1. The van der Waals surface area contributed by atoms with Crippen molar-refractivity contribution in [3.05, 3.63) is 29.3 Å². The minimum absolute atomic E-state index is 0.141. The molecule has 1 aromatic rings. The number of hydrogen-bond donors (Lipinski definition) is 1. The molecule has 2 rings (SSSR count). The molecule has 4 heteroatoms. The first-order chi connectivity index (χ1) is 9.81. The first-order valence-electron chi connectivity index (χ1n) is 7.06. The van der Waals surface area contributed by atoms with Gasteiger partial charge in [-0.3, -0.25) is 4.90 Å². The highest BCUT2D eigenvalue weighted by molar-refractivity contribution is 5.69. The van der Waals surface area contributed by atoms with Crippen LogP contribution in [0.4, 0.5) is 4.79 Å². The lowest BCUT2D eigenvalue weighted by Crippen LogP contribution is -2.39. The van der Waals surface area contributed by atoms with E-state index in [1.54, 1.807) is 17.0 Å². The minimum Gasteiger partial charge on any atom is -0.508 e. The minimum atomic E-state index is -0.565. The lowest BCUT2D eigenvalue weighted by Gasteiger charge is -2.30. The second-order valence-corrected chi connectivity index (χ2v) is 6.25. The standard InChI is InChI=1S/C17H21NO3/c1-5-10-18(16(20)21-17(2,3)4)15-9-7-12-6-8-13(19)11-14(12)15/h1,6,8,11,15,19H,7,9-10H2,2-4H3. The van der Waals surface area contributed by atoms with Gasteiger partial charge in [-0.05, 0) is 56.9 Å². The summed E-state index contributed by atoms with van der Waals surface area (Å²) >= 11 is 0. The van der Waals surface area contributed by atoms with Crippen molar-refractivity contribution in [1.82, 2.24) is 4.90 Å². The van der Waals surface area contributed by atoms with Crippen LogP contribution in [0.2, 0.25) is 0 Å². The van der Waals surface area contributed by atoms with Crippen LogP contribution in [-0.2, 0) is 11.2 Å². The number of rotatable bonds is 2. The van der Waals surface area contributed by atoms with Gasteiger partial charge >= 0.3 is 6.09 Å². The van der Waals surface area contributed by atoms with Gasteiger partial charge in [-0.25, -0.2) is 4.79 Å². The van der Waals surface area contributed by atoms with Crippen molar-refractivity contribution in [3.8, 4) is 18.1 Å². The van der Waals surface area contributed by atoms with Crippen LogP contribution >= 0.6 is 0 Å². The van der Waals surface area contributed by atoms with Crippen molar-refractivity contribution in [2.24, 2.45) is 0 Å². The molecule has 0 saturated carbocycles. The fourth-order valence-electron chi connectivity index (χ4n) is 2.61. The quantitative estimate of drug-likeness (QED) is 0.849. The molecule has 1 aliphatic rings. The van der Waals surface area contributed by atoms with E-state index in [4.69, 9.17) is 11.2 Å². The maximum Gasteiger partial charge on any atom is 0.411 e. The van der Waals surface area contributed by atoms with Gasteiger partial charge in [-0.1, -0.05) is 12.0 Å². The largest absolute Gasteiger partial charge is 0.508 e. The average molecular weight is 287 g/mol. The molecule has 0 radical (unpaired) electrons. The van der Waals surface area contributed by atoms with Crippen molar-refractivity contribution >= 4 is 6.09 Å². The molecule has 0 bridgehead atoms. The number of carbonyl (C=O) groups is 1. The molecule has 1 atom stereocenters. The second-order valence-electron chi connectivity index (χ2n) is 6.25. The van der Waals surface area contributed by atoms with Crippen LogP contribution in [-0.4, -0.2) is 28.2 Å². The van der Waals surface area contributed by atoms with Gasteiger partial charge in [-0.2, -0.15) is 0 Å². The number of phenols is 1. The van der Waals surface area contributed by atoms with Crippen LogP contribution in [0.3, 0.4) is 0 Å². The Balaban J connectivity index is 2.27. The summed E-state index contributed by atoms with van der Waals surface area (Å²) in [6.07, 6.45) is 6.64. The van der Waals surface area contributed by atoms with Gasteiger partial charge in [-0.15, -0.1) is 6.42 Å². The second kappa shape index (κ2) is 5.69. The van der Waals surface area contributed by atoms with Crippen LogP contribution in [0.1, 0.15) is 44.4 Å². The highest BCUT2D eigenvalue weighted by Gasteiger charge is 2.33. The summed E-state index contributed by atoms with van der Waals surface area (Å²) in [5.74, 6) is 2.72. The van der Waals surface area contributed by atoms with Crippen LogP contribution in [0, 0.1) is 12.3 Å². The highest BCUT2D eigenvalue weighted by atomic mass is 16.6. The van der Waals surface area contributed by atoms with Crippen molar-refractivity contribution in [2.45, 2.75) is 45.3 Å². The van der Waals surface area contributed by atoms with E-state index in [1.165, 1.54) is 0 Å². The summed E-state index contributed by atoms with van der Waals surface area (Å²) in [6, 6.07) is 5.13. The first kappa shape index (κ1) is 15.2. The summed E-state index contributed by atoms with van der Waals surface area (Å²) in [5.41, 5.74) is 1.53.